The van der Waals surface area contributed by atoms with E-state index in [1.54, 1.807) is 48.1 Å². The minimum atomic E-state index is -4.71. The maximum Gasteiger partial charge on any atom is 0.433 e. The molecule has 1 N–H and O–H groups in total. The van der Waals surface area contributed by atoms with E-state index in [0.717, 1.165) is 11.8 Å². The number of hydrogen-bond donors (Lipinski definition) is 1. The number of halogens is 4. The number of hydrogen-bond acceptors (Lipinski definition) is 4. The summed E-state index contributed by atoms with van der Waals surface area (Å²) in [6.45, 7) is 4.29. The first-order valence-electron chi connectivity index (χ1n) is 9.74. The van der Waals surface area contributed by atoms with Crippen molar-refractivity contribution < 1.29 is 18.0 Å². The van der Waals surface area contributed by atoms with Crippen molar-refractivity contribution in [2.24, 2.45) is 0 Å². The molecular formula is C21H18ClF3N6O. The van der Waals surface area contributed by atoms with Gasteiger partial charge in [0.1, 0.15) is 0 Å². The zero-order valence-electron chi connectivity index (χ0n) is 17.1. The van der Waals surface area contributed by atoms with Crippen molar-refractivity contribution in [1.82, 2.24) is 29.7 Å². The molecule has 4 aromatic rings. The molecule has 3 aromatic heterocycles. The number of nitrogens with zero attached hydrogens (tertiary/aromatic N) is 5. The van der Waals surface area contributed by atoms with Crippen LogP contribution >= 0.6 is 11.6 Å². The number of fused-ring (bicyclic) bond motifs is 1. The topological polar surface area (TPSA) is 77.1 Å². The highest BCUT2D eigenvalue weighted by Gasteiger charge is 2.35. The van der Waals surface area contributed by atoms with Crippen molar-refractivity contribution in [3.05, 3.63) is 70.8 Å². The molecule has 1 amide bonds. The minimum absolute atomic E-state index is 0.0913. The molecule has 0 saturated carbocycles. The van der Waals surface area contributed by atoms with Gasteiger partial charge in [-0.1, -0.05) is 23.7 Å². The predicted octanol–water partition coefficient (Wildman–Crippen LogP) is 4.78. The number of carbonyl (C=O) groups is 1. The van der Waals surface area contributed by atoms with Gasteiger partial charge in [-0.3, -0.25) is 9.48 Å². The Labute approximate surface area is 185 Å². The van der Waals surface area contributed by atoms with Crippen LogP contribution in [0.5, 0.6) is 0 Å². The average Bonchev–Trinajstić information content (AvgIpc) is 3.39. The molecule has 1 unspecified atom stereocenters. The maximum atomic E-state index is 13.7. The van der Waals surface area contributed by atoms with Gasteiger partial charge in [-0.25, -0.2) is 9.50 Å². The van der Waals surface area contributed by atoms with Crippen LogP contribution in [0.2, 0.25) is 5.02 Å². The Kier molecular flexibility index (Phi) is 5.64. The molecule has 0 aliphatic rings. The molecule has 32 heavy (non-hydrogen) atoms. The van der Waals surface area contributed by atoms with Crippen LogP contribution in [-0.2, 0) is 12.7 Å². The number of benzene rings is 1. The molecule has 11 heteroatoms. The van der Waals surface area contributed by atoms with Crippen molar-refractivity contribution in [3.8, 4) is 11.3 Å². The van der Waals surface area contributed by atoms with Crippen LogP contribution < -0.4 is 5.32 Å². The van der Waals surface area contributed by atoms with Crippen molar-refractivity contribution in [2.75, 3.05) is 0 Å². The molecule has 0 fully saturated rings. The molecule has 0 bridgehead atoms. The highest BCUT2D eigenvalue weighted by atomic mass is 35.5. The minimum Gasteiger partial charge on any atom is -0.343 e. The van der Waals surface area contributed by atoms with Gasteiger partial charge in [0.05, 0.1) is 17.4 Å². The SMILES string of the molecule is CCn1nccc1C(C)NC(=O)c1cc2nc(-c3ccc(Cl)cc3)cc(C(F)(F)F)n2n1. The third-order valence-corrected chi connectivity index (χ3v) is 5.18. The Morgan fingerprint density at radius 1 is 1.19 bits per heavy atom. The quantitative estimate of drug-likeness (QED) is 0.463. The van der Waals surface area contributed by atoms with Crippen LogP contribution in [0.4, 0.5) is 13.2 Å². The summed E-state index contributed by atoms with van der Waals surface area (Å²) in [7, 11) is 0. The second-order valence-corrected chi connectivity index (χ2v) is 7.53. The summed E-state index contributed by atoms with van der Waals surface area (Å²) in [4.78, 5) is 17.0. The molecule has 1 atom stereocenters. The van der Waals surface area contributed by atoms with Crippen molar-refractivity contribution >= 4 is 23.2 Å². The fourth-order valence-corrected chi connectivity index (χ4v) is 3.50. The first-order chi connectivity index (χ1) is 15.2. The van der Waals surface area contributed by atoms with E-state index in [1.807, 2.05) is 6.92 Å². The molecule has 0 aliphatic carbocycles. The van der Waals surface area contributed by atoms with Gasteiger partial charge in [-0.15, -0.1) is 0 Å². The molecule has 0 aliphatic heterocycles. The standard InChI is InChI=1S/C21H18ClF3N6O/c1-3-30-17(8-9-26-30)12(2)27-20(32)16-11-19-28-15(13-4-6-14(22)7-5-13)10-18(21(23,24)25)31(19)29-16/h4-12H,3H2,1-2H3,(H,27,32). The van der Waals surface area contributed by atoms with Crippen molar-refractivity contribution in [3.63, 3.8) is 0 Å². The Hall–Kier alpha value is -3.40. The van der Waals surface area contributed by atoms with Gasteiger partial charge >= 0.3 is 6.18 Å². The molecule has 3 heterocycles. The van der Waals surface area contributed by atoms with E-state index >= 15 is 0 Å². The Balaban J connectivity index is 1.72. The van der Waals surface area contributed by atoms with Gasteiger partial charge < -0.3 is 5.32 Å². The number of carbonyl (C=O) groups excluding carboxylic acids is 1. The molecule has 166 valence electrons. The number of aryl methyl sites for hydroxylation is 1. The second kappa shape index (κ2) is 8.27. The average molecular weight is 463 g/mol. The molecule has 0 saturated heterocycles. The molecular weight excluding hydrogens is 445 g/mol. The summed E-state index contributed by atoms with van der Waals surface area (Å²) >= 11 is 5.87. The normalized spacial score (nSPS) is 12.8. The van der Waals surface area contributed by atoms with Crippen LogP contribution in [-0.4, -0.2) is 30.3 Å². The second-order valence-electron chi connectivity index (χ2n) is 7.10. The number of alkyl halides is 3. The van der Waals surface area contributed by atoms with Gasteiger partial charge in [-0.2, -0.15) is 23.4 Å². The number of nitrogens with one attached hydrogen (secondary N) is 1. The summed E-state index contributed by atoms with van der Waals surface area (Å²) in [5.74, 6) is -0.618. The molecule has 0 radical (unpaired) electrons. The summed E-state index contributed by atoms with van der Waals surface area (Å²) < 4.78 is 43.6. The zero-order valence-corrected chi connectivity index (χ0v) is 17.8. The Bertz CT molecular complexity index is 1280. The van der Waals surface area contributed by atoms with E-state index in [0.29, 0.717) is 21.6 Å². The first kappa shape index (κ1) is 21.8. The summed E-state index contributed by atoms with van der Waals surface area (Å²) in [6, 6.07) is 9.74. The van der Waals surface area contributed by atoms with Gasteiger partial charge in [-0.05, 0) is 38.1 Å². The number of amides is 1. The van der Waals surface area contributed by atoms with Crippen LogP contribution in [0.3, 0.4) is 0 Å². The third kappa shape index (κ3) is 4.18. The summed E-state index contributed by atoms with van der Waals surface area (Å²) in [5.41, 5.74) is 0.00353. The fourth-order valence-electron chi connectivity index (χ4n) is 3.38. The monoisotopic (exact) mass is 462 g/mol. The molecule has 7 nitrogen and oxygen atoms in total. The molecule has 4 rings (SSSR count). The smallest absolute Gasteiger partial charge is 0.343 e. The van der Waals surface area contributed by atoms with Gasteiger partial charge in [0, 0.05) is 29.4 Å². The number of aromatic nitrogens is 5. The third-order valence-electron chi connectivity index (χ3n) is 4.93. The van der Waals surface area contributed by atoms with Crippen LogP contribution in [0.1, 0.15) is 41.8 Å². The summed E-state index contributed by atoms with van der Waals surface area (Å²) in [6.07, 6.45) is -3.09. The van der Waals surface area contributed by atoms with Gasteiger partial charge in [0.2, 0.25) is 0 Å². The van der Waals surface area contributed by atoms with Crippen LogP contribution in [0, 0.1) is 0 Å². The van der Waals surface area contributed by atoms with Crippen molar-refractivity contribution in [1.29, 1.82) is 0 Å². The maximum absolute atomic E-state index is 13.7. The largest absolute Gasteiger partial charge is 0.433 e. The van der Waals surface area contributed by atoms with E-state index in [4.69, 9.17) is 11.6 Å². The van der Waals surface area contributed by atoms with Crippen LogP contribution in [0.25, 0.3) is 16.9 Å². The van der Waals surface area contributed by atoms with E-state index in [2.05, 4.69) is 20.5 Å². The molecule has 0 spiro atoms. The first-order valence-corrected chi connectivity index (χ1v) is 10.1. The molecule has 1 aromatic carbocycles. The van der Waals surface area contributed by atoms with E-state index in [-0.39, 0.29) is 17.0 Å². The lowest BCUT2D eigenvalue weighted by molar-refractivity contribution is -0.142. The summed E-state index contributed by atoms with van der Waals surface area (Å²) in [5, 5.41) is 11.2. The van der Waals surface area contributed by atoms with E-state index in [9.17, 15) is 18.0 Å². The van der Waals surface area contributed by atoms with E-state index < -0.39 is 23.8 Å². The lowest BCUT2D eigenvalue weighted by Gasteiger charge is -2.14. The van der Waals surface area contributed by atoms with Gasteiger partial charge in [0.15, 0.2) is 17.0 Å². The van der Waals surface area contributed by atoms with Crippen LogP contribution in [0.15, 0.2) is 48.7 Å². The zero-order chi connectivity index (χ0) is 23.0. The lowest BCUT2D eigenvalue weighted by atomic mass is 10.1. The Morgan fingerprint density at radius 3 is 2.56 bits per heavy atom. The highest BCUT2D eigenvalue weighted by Crippen LogP contribution is 2.32. The Morgan fingerprint density at radius 2 is 1.91 bits per heavy atom. The highest BCUT2D eigenvalue weighted by molar-refractivity contribution is 6.30. The van der Waals surface area contributed by atoms with Crippen molar-refractivity contribution in [2.45, 2.75) is 32.6 Å². The fraction of sp³-hybridized carbons (Fsp3) is 0.238. The van der Waals surface area contributed by atoms with Gasteiger partial charge in [0.25, 0.3) is 5.91 Å². The lowest BCUT2D eigenvalue weighted by Crippen LogP contribution is -2.28. The number of rotatable bonds is 5. The van der Waals surface area contributed by atoms with E-state index in [1.165, 1.54) is 6.07 Å². The predicted molar refractivity (Wildman–Crippen MR) is 112 cm³/mol.